The van der Waals surface area contributed by atoms with Crippen LogP contribution >= 0.6 is 0 Å². The lowest BCUT2D eigenvalue weighted by Crippen LogP contribution is -2.40. The van der Waals surface area contributed by atoms with Gasteiger partial charge >= 0.3 is 0 Å². The predicted molar refractivity (Wildman–Crippen MR) is 160 cm³/mol. The summed E-state index contributed by atoms with van der Waals surface area (Å²) in [5.41, 5.74) is 0.638. The van der Waals surface area contributed by atoms with E-state index in [1.54, 1.807) is 30.9 Å². The van der Waals surface area contributed by atoms with Gasteiger partial charge in [-0.05, 0) is 50.8 Å². The third-order valence-electron chi connectivity index (χ3n) is 8.34. The Hall–Kier alpha value is -3.93. The standard InChI is InChI=1S/C31H37FN4O6S/c1-6-7-10-28-33-31(13-8-9-14-31)30(37)36(28)18-22-12-11-21(15-24(22)32)23-16-25(40-4)26(41-5)17-27(23)43(38,39)35-29-19(2)20(3)42-34-29/h11-12,15-17H,6-10,13-14,18H2,1-5H3,(H,34,35). The van der Waals surface area contributed by atoms with Crippen molar-refractivity contribution in [1.82, 2.24) is 10.1 Å². The first-order chi connectivity index (χ1) is 20.5. The third-order valence-corrected chi connectivity index (χ3v) is 9.72. The number of hydrogen-bond acceptors (Lipinski definition) is 8. The highest BCUT2D eigenvalue weighted by Crippen LogP contribution is 2.41. The van der Waals surface area contributed by atoms with Crippen molar-refractivity contribution < 1.29 is 31.6 Å². The number of aliphatic imine (C=N–C) groups is 1. The molecule has 10 nitrogen and oxygen atoms in total. The molecule has 2 heterocycles. The molecule has 12 heteroatoms. The maximum absolute atomic E-state index is 15.8. The van der Waals surface area contributed by atoms with Gasteiger partial charge in [0.15, 0.2) is 17.3 Å². The van der Waals surface area contributed by atoms with Gasteiger partial charge < -0.3 is 14.0 Å². The largest absolute Gasteiger partial charge is 0.493 e. The van der Waals surface area contributed by atoms with Crippen molar-refractivity contribution in [3.63, 3.8) is 0 Å². The Bertz CT molecular complexity index is 1680. The fraction of sp³-hybridized carbons (Fsp3) is 0.452. The number of aryl methyl sites for hydroxylation is 1. The Morgan fingerprint density at radius 3 is 2.40 bits per heavy atom. The summed E-state index contributed by atoms with van der Waals surface area (Å²) < 4.78 is 61.5. The van der Waals surface area contributed by atoms with Gasteiger partial charge in [-0.3, -0.25) is 19.4 Å². The molecule has 1 spiro atoms. The van der Waals surface area contributed by atoms with Crippen molar-refractivity contribution in [2.24, 2.45) is 4.99 Å². The number of nitrogens with zero attached hydrogens (tertiary/aromatic N) is 3. The van der Waals surface area contributed by atoms with Crippen molar-refractivity contribution in [3.05, 3.63) is 53.0 Å². The number of ether oxygens (including phenoxy) is 2. The van der Waals surface area contributed by atoms with Gasteiger partial charge in [0.2, 0.25) is 0 Å². The Balaban J connectivity index is 1.51. The van der Waals surface area contributed by atoms with Crippen molar-refractivity contribution >= 4 is 27.6 Å². The molecule has 1 N–H and O–H groups in total. The fourth-order valence-corrected chi connectivity index (χ4v) is 7.00. The zero-order chi connectivity index (χ0) is 30.9. The molecule has 2 aliphatic rings. The fourth-order valence-electron chi connectivity index (χ4n) is 5.71. The number of amidine groups is 1. The van der Waals surface area contributed by atoms with Crippen LogP contribution in [0.25, 0.3) is 11.1 Å². The number of carbonyl (C=O) groups excluding carboxylic acids is 1. The first-order valence-electron chi connectivity index (χ1n) is 14.4. The Labute approximate surface area is 251 Å². The van der Waals surface area contributed by atoms with Crippen LogP contribution in [0.2, 0.25) is 0 Å². The number of hydrogen-bond donors (Lipinski definition) is 1. The average molecular weight is 613 g/mol. The number of carbonyl (C=O) groups is 1. The molecular weight excluding hydrogens is 575 g/mol. The number of halogens is 1. The van der Waals surface area contributed by atoms with Crippen molar-refractivity contribution in [2.75, 3.05) is 18.9 Å². The van der Waals surface area contributed by atoms with Crippen LogP contribution in [0.5, 0.6) is 11.5 Å². The second kappa shape index (κ2) is 12.0. The molecule has 1 aromatic heterocycles. The van der Waals surface area contributed by atoms with Gasteiger partial charge in [0.25, 0.3) is 15.9 Å². The van der Waals surface area contributed by atoms with Crippen LogP contribution in [0.15, 0.2) is 44.7 Å². The lowest BCUT2D eigenvalue weighted by molar-refractivity contribution is -0.131. The second-order valence-corrected chi connectivity index (χ2v) is 12.7. The summed E-state index contributed by atoms with van der Waals surface area (Å²) in [6.07, 6.45) is 5.85. The number of amides is 1. The highest BCUT2D eigenvalue weighted by Gasteiger charge is 2.49. The average Bonchev–Trinajstić information content (AvgIpc) is 3.67. The molecule has 3 aromatic rings. The van der Waals surface area contributed by atoms with Gasteiger partial charge in [0.05, 0.1) is 25.7 Å². The number of sulfonamides is 1. The molecule has 0 radical (unpaired) electrons. The summed E-state index contributed by atoms with van der Waals surface area (Å²) in [4.78, 5) is 19.9. The van der Waals surface area contributed by atoms with Gasteiger partial charge in [-0.15, -0.1) is 0 Å². The van der Waals surface area contributed by atoms with E-state index >= 15 is 4.39 Å². The van der Waals surface area contributed by atoms with Crippen LogP contribution in [-0.2, 0) is 21.4 Å². The number of rotatable bonds is 11. The second-order valence-electron chi connectivity index (χ2n) is 11.1. The van der Waals surface area contributed by atoms with Crippen LogP contribution < -0.4 is 14.2 Å². The molecule has 5 rings (SSSR count). The quantitative estimate of drug-likeness (QED) is 0.275. The molecule has 0 unspecified atom stereocenters. The lowest BCUT2D eigenvalue weighted by atomic mass is 9.98. The van der Waals surface area contributed by atoms with E-state index in [0.29, 0.717) is 28.9 Å². The number of unbranched alkanes of at least 4 members (excludes halogenated alkanes) is 1. The summed E-state index contributed by atoms with van der Waals surface area (Å²) >= 11 is 0. The van der Waals surface area contributed by atoms with E-state index in [1.165, 1.54) is 32.4 Å². The number of nitrogens with one attached hydrogen (secondary N) is 1. The first kappa shape index (κ1) is 30.5. The molecule has 1 amide bonds. The minimum absolute atomic E-state index is 0.0515. The summed E-state index contributed by atoms with van der Waals surface area (Å²) in [6.45, 7) is 5.50. The molecule has 1 aliphatic heterocycles. The third kappa shape index (κ3) is 5.72. The summed E-state index contributed by atoms with van der Waals surface area (Å²) in [7, 11) is -1.41. The number of aromatic nitrogens is 1. The Kier molecular flexibility index (Phi) is 8.51. The molecular formula is C31H37FN4O6S. The first-order valence-corrected chi connectivity index (χ1v) is 15.9. The summed E-state index contributed by atoms with van der Waals surface area (Å²) in [5, 5.41) is 3.81. The van der Waals surface area contributed by atoms with Gasteiger partial charge in [-0.2, -0.15) is 0 Å². The van der Waals surface area contributed by atoms with Gasteiger partial charge in [0, 0.05) is 29.2 Å². The van der Waals surface area contributed by atoms with Crippen LogP contribution in [-0.4, -0.2) is 50.0 Å². The van der Waals surface area contributed by atoms with E-state index in [-0.39, 0.29) is 40.2 Å². The maximum Gasteiger partial charge on any atom is 0.263 e. The van der Waals surface area contributed by atoms with Gasteiger partial charge in [0.1, 0.15) is 23.0 Å². The topological polar surface area (TPSA) is 123 Å². The monoisotopic (exact) mass is 612 g/mol. The van der Waals surface area contributed by atoms with E-state index in [0.717, 1.165) is 44.4 Å². The van der Waals surface area contributed by atoms with Crippen molar-refractivity contribution in [1.29, 1.82) is 0 Å². The predicted octanol–water partition coefficient (Wildman–Crippen LogP) is 6.16. The zero-order valence-electron chi connectivity index (χ0n) is 25.1. The minimum atomic E-state index is -4.24. The minimum Gasteiger partial charge on any atom is -0.493 e. The molecule has 0 bridgehead atoms. The Morgan fingerprint density at radius 2 is 1.79 bits per heavy atom. The highest BCUT2D eigenvalue weighted by molar-refractivity contribution is 7.92. The molecule has 230 valence electrons. The smallest absolute Gasteiger partial charge is 0.263 e. The maximum atomic E-state index is 15.8. The zero-order valence-corrected chi connectivity index (χ0v) is 25.9. The molecule has 0 saturated heterocycles. The molecule has 1 aliphatic carbocycles. The summed E-state index contributed by atoms with van der Waals surface area (Å²) in [5.74, 6) is 1.07. The van der Waals surface area contributed by atoms with E-state index in [4.69, 9.17) is 19.0 Å². The van der Waals surface area contributed by atoms with E-state index < -0.39 is 21.4 Å². The molecule has 1 saturated carbocycles. The van der Waals surface area contributed by atoms with Gasteiger partial charge in [-0.1, -0.05) is 43.5 Å². The molecule has 2 aromatic carbocycles. The number of anilines is 1. The van der Waals surface area contributed by atoms with Crippen molar-refractivity contribution in [2.45, 2.75) is 82.7 Å². The van der Waals surface area contributed by atoms with Crippen LogP contribution in [0.3, 0.4) is 0 Å². The number of methoxy groups -OCH3 is 2. The van der Waals surface area contributed by atoms with Crippen LogP contribution in [0, 0.1) is 19.7 Å². The Morgan fingerprint density at radius 1 is 1.09 bits per heavy atom. The van der Waals surface area contributed by atoms with Crippen LogP contribution in [0.4, 0.5) is 10.2 Å². The number of benzene rings is 2. The lowest BCUT2D eigenvalue weighted by Gasteiger charge is -2.23. The summed E-state index contributed by atoms with van der Waals surface area (Å²) in [6, 6.07) is 7.31. The van der Waals surface area contributed by atoms with E-state index in [9.17, 15) is 13.2 Å². The van der Waals surface area contributed by atoms with E-state index in [2.05, 4.69) is 16.8 Å². The SMILES string of the molecule is CCCCC1=NC2(CCCC2)C(=O)N1Cc1ccc(-c2cc(OC)c(OC)cc2S(=O)(=O)Nc2noc(C)c2C)cc1F. The normalized spacial score (nSPS) is 16.2. The van der Waals surface area contributed by atoms with Gasteiger partial charge in [-0.25, -0.2) is 12.8 Å². The molecule has 1 fully saturated rings. The van der Waals surface area contributed by atoms with Crippen molar-refractivity contribution in [3.8, 4) is 22.6 Å². The molecule has 43 heavy (non-hydrogen) atoms. The highest BCUT2D eigenvalue weighted by atomic mass is 32.2. The molecule has 0 atom stereocenters. The van der Waals surface area contributed by atoms with Crippen LogP contribution in [0.1, 0.15) is 68.8 Å². The van der Waals surface area contributed by atoms with E-state index in [1.807, 2.05) is 0 Å².